The van der Waals surface area contributed by atoms with E-state index in [0.29, 0.717) is 0 Å². The number of carbonyl (C=O) groups is 1. The summed E-state index contributed by atoms with van der Waals surface area (Å²) in [6, 6.07) is 0. The van der Waals surface area contributed by atoms with Crippen molar-refractivity contribution in [2.45, 2.75) is 2.14 Å². The molecule has 2 nitrogen and oxygen atoms in total. The summed E-state index contributed by atoms with van der Waals surface area (Å²) < 4.78 is -1.15. The highest BCUT2D eigenvalue weighted by molar-refractivity contribution is 9.40. The summed E-state index contributed by atoms with van der Waals surface area (Å²) in [5, 5.41) is 8.11. The number of hydrogen-bond donors (Lipinski definition) is 1. The average molecular weight is 323 g/mol. The lowest BCUT2D eigenvalue weighted by atomic mass is 10.8. The van der Waals surface area contributed by atoms with E-state index in [4.69, 9.17) is 5.11 Å². The van der Waals surface area contributed by atoms with Gasteiger partial charge in [0.05, 0.1) is 0 Å². The van der Waals surface area contributed by atoms with Gasteiger partial charge in [0.25, 0.3) is 0 Å². The van der Waals surface area contributed by atoms with Crippen molar-refractivity contribution in [3.63, 3.8) is 0 Å². The van der Waals surface area contributed by atoms with Crippen molar-refractivity contribution in [2.24, 2.45) is 0 Å². The van der Waals surface area contributed by atoms with Crippen LogP contribution in [0.5, 0.6) is 0 Å². The standard InChI is InChI=1S/C2HBr3O2.Mg.2H/c3-2(4,5)1(6)7;;;/h(H,6,7);;;. The van der Waals surface area contributed by atoms with E-state index in [2.05, 4.69) is 47.8 Å². The predicted octanol–water partition coefficient (Wildman–Crippen LogP) is 0.993. The minimum atomic E-state index is -1.15. The Hall–Kier alpha value is 1.68. The van der Waals surface area contributed by atoms with Gasteiger partial charge in [-0.05, 0) is 47.8 Å². The summed E-state index contributed by atoms with van der Waals surface area (Å²) in [4.78, 5) is 9.88. The molecule has 0 saturated carbocycles. The van der Waals surface area contributed by atoms with E-state index < -0.39 is 8.11 Å². The fourth-order valence-corrected chi connectivity index (χ4v) is 0. The smallest absolute Gasteiger partial charge is 0.342 e. The van der Waals surface area contributed by atoms with Gasteiger partial charge < -0.3 is 5.11 Å². The third-order valence-corrected chi connectivity index (χ3v) is 1.26. The van der Waals surface area contributed by atoms with Gasteiger partial charge in [0.15, 0.2) is 0 Å². The Morgan fingerprint density at radius 1 is 1.38 bits per heavy atom. The first kappa shape index (κ1) is 12.4. The molecule has 0 rings (SSSR count). The van der Waals surface area contributed by atoms with Crippen molar-refractivity contribution in [1.82, 2.24) is 0 Å². The zero-order chi connectivity index (χ0) is 6.08. The molecule has 0 bridgehead atoms. The van der Waals surface area contributed by atoms with Crippen molar-refractivity contribution < 1.29 is 9.90 Å². The van der Waals surface area contributed by atoms with Crippen molar-refractivity contribution in [1.29, 1.82) is 0 Å². The van der Waals surface area contributed by atoms with Gasteiger partial charge in [0.1, 0.15) is 0 Å². The zero-order valence-electron chi connectivity index (χ0n) is 2.99. The highest BCUT2D eigenvalue weighted by Gasteiger charge is 2.27. The number of aliphatic carboxylic acids is 1. The maximum absolute atomic E-state index is 9.88. The monoisotopic (exact) mass is 320 g/mol. The number of rotatable bonds is 0. The van der Waals surface area contributed by atoms with Gasteiger partial charge in [-0.25, -0.2) is 4.79 Å². The summed E-state index contributed by atoms with van der Waals surface area (Å²) >= 11 is 8.33. The minimum Gasteiger partial charge on any atom is -0.479 e. The van der Waals surface area contributed by atoms with Gasteiger partial charge >= 0.3 is 29.0 Å². The number of halogens is 3. The maximum atomic E-state index is 9.88. The second kappa shape index (κ2) is 4.49. The molecule has 0 heterocycles. The molecular weight excluding hydrogens is 320 g/mol. The average Bonchev–Trinajstić information content (AvgIpc) is 1.31. The second-order valence-corrected chi connectivity index (χ2v) is 7.56. The molecule has 0 spiro atoms. The van der Waals surface area contributed by atoms with Crippen LogP contribution < -0.4 is 0 Å². The third-order valence-electron chi connectivity index (χ3n) is 0.243. The highest BCUT2D eigenvalue weighted by Crippen LogP contribution is 2.32. The topological polar surface area (TPSA) is 37.3 Å². The number of carboxylic acids is 1. The first-order chi connectivity index (χ1) is 2.94. The van der Waals surface area contributed by atoms with Crippen LogP contribution >= 0.6 is 47.8 Å². The van der Waals surface area contributed by atoms with Gasteiger partial charge in [-0.15, -0.1) is 0 Å². The fraction of sp³-hybridized carbons (Fsp3) is 0.500. The van der Waals surface area contributed by atoms with Crippen LogP contribution in [-0.4, -0.2) is 36.3 Å². The van der Waals surface area contributed by atoms with Gasteiger partial charge in [-0.2, -0.15) is 0 Å². The van der Waals surface area contributed by atoms with Crippen molar-refractivity contribution >= 4 is 76.8 Å². The summed E-state index contributed by atoms with van der Waals surface area (Å²) in [7, 11) is 0. The normalized spacial score (nSPS) is 9.88. The lowest BCUT2D eigenvalue weighted by Gasteiger charge is -2.01. The molecule has 0 aliphatic carbocycles. The summed E-state index contributed by atoms with van der Waals surface area (Å²) in [5.41, 5.74) is 0. The molecule has 6 heteroatoms. The minimum absolute atomic E-state index is 0. The summed E-state index contributed by atoms with van der Waals surface area (Å²) in [6.07, 6.45) is 0. The van der Waals surface area contributed by atoms with E-state index in [1.807, 2.05) is 0 Å². The lowest BCUT2D eigenvalue weighted by Crippen LogP contribution is -2.14. The van der Waals surface area contributed by atoms with E-state index in [1.54, 1.807) is 0 Å². The molecule has 46 valence electrons. The Bertz CT molecular complexity index is 87.8. The van der Waals surface area contributed by atoms with E-state index in [-0.39, 0.29) is 23.1 Å². The van der Waals surface area contributed by atoms with Gasteiger partial charge in [-0.3, -0.25) is 0 Å². The van der Waals surface area contributed by atoms with Gasteiger partial charge in [-0.1, -0.05) is 0 Å². The number of hydrogen-bond acceptors (Lipinski definition) is 1. The van der Waals surface area contributed by atoms with Crippen LogP contribution in [0.15, 0.2) is 0 Å². The first-order valence-electron chi connectivity index (χ1n) is 1.24. The zero-order valence-corrected chi connectivity index (χ0v) is 7.75. The van der Waals surface area contributed by atoms with Crippen molar-refractivity contribution in [2.75, 3.05) is 0 Å². The molecule has 8 heavy (non-hydrogen) atoms. The molecule has 1 N–H and O–H groups in total. The van der Waals surface area contributed by atoms with Crippen LogP contribution in [0.2, 0.25) is 0 Å². The number of alkyl halides is 3. The molecule has 0 aromatic heterocycles. The molecule has 0 aliphatic heterocycles. The Balaban J connectivity index is 0. The maximum Gasteiger partial charge on any atom is 0.342 e. The van der Waals surface area contributed by atoms with E-state index >= 15 is 0 Å². The summed E-state index contributed by atoms with van der Waals surface area (Å²) in [6.45, 7) is 0. The lowest BCUT2D eigenvalue weighted by molar-refractivity contribution is -0.134. The van der Waals surface area contributed by atoms with Crippen LogP contribution in [0, 0.1) is 0 Å². The van der Waals surface area contributed by atoms with Crippen molar-refractivity contribution in [3.05, 3.63) is 0 Å². The molecule has 0 aliphatic rings. The van der Waals surface area contributed by atoms with E-state index in [0.717, 1.165) is 0 Å². The molecule has 0 atom stereocenters. The Kier molecular flexibility index (Phi) is 6.93. The Labute approximate surface area is 87.9 Å². The van der Waals surface area contributed by atoms with Crippen LogP contribution in [0.3, 0.4) is 0 Å². The van der Waals surface area contributed by atoms with Crippen LogP contribution in [-0.2, 0) is 4.79 Å². The SMILES string of the molecule is O=C(O)C(Br)(Br)Br.[MgH2]. The largest absolute Gasteiger partial charge is 0.479 e. The van der Waals surface area contributed by atoms with E-state index in [9.17, 15) is 4.79 Å². The molecule has 0 aromatic rings. The molecular formula is C2H3Br3MgO2. The molecule has 0 saturated heterocycles. The van der Waals surface area contributed by atoms with Crippen LogP contribution in [0.25, 0.3) is 0 Å². The van der Waals surface area contributed by atoms with Crippen molar-refractivity contribution in [3.8, 4) is 0 Å². The fourth-order valence-electron chi connectivity index (χ4n) is 0. The quantitative estimate of drug-likeness (QED) is 0.533. The molecule has 0 fully saturated rings. The highest BCUT2D eigenvalue weighted by atomic mass is 80.0. The summed E-state index contributed by atoms with van der Waals surface area (Å²) in [5.74, 6) is -1.01. The van der Waals surface area contributed by atoms with Crippen LogP contribution in [0.1, 0.15) is 0 Å². The molecule has 0 amide bonds. The van der Waals surface area contributed by atoms with Crippen LogP contribution in [0.4, 0.5) is 0 Å². The van der Waals surface area contributed by atoms with Gasteiger partial charge in [0.2, 0.25) is 2.14 Å². The predicted molar refractivity (Wildman–Crippen MR) is 45.7 cm³/mol. The Morgan fingerprint density at radius 2 is 1.50 bits per heavy atom. The molecule has 0 unspecified atom stereocenters. The van der Waals surface area contributed by atoms with E-state index in [1.165, 1.54) is 0 Å². The van der Waals surface area contributed by atoms with Gasteiger partial charge in [0, 0.05) is 0 Å². The third kappa shape index (κ3) is 5.81. The molecule has 0 aromatic carbocycles. The second-order valence-electron chi connectivity index (χ2n) is 0.803. The Morgan fingerprint density at radius 3 is 1.50 bits per heavy atom. The number of carboxylic acid groups (broad SMARTS) is 1. The molecule has 0 radical (unpaired) electrons. The first-order valence-corrected chi connectivity index (χ1v) is 3.62.